The number of likely N-dealkylation sites (N-methyl/N-ethyl adjacent to an activating group) is 1. The van der Waals surface area contributed by atoms with E-state index in [0.717, 1.165) is 11.3 Å². The molecule has 0 bridgehead atoms. The van der Waals surface area contributed by atoms with Crippen LogP contribution in [0.3, 0.4) is 0 Å². The molecule has 0 radical (unpaired) electrons. The van der Waals surface area contributed by atoms with Crippen molar-refractivity contribution in [1.29, 1.82) is 0 Å². The predicted molar refractivity (Wildman–Crippen MR) is 94.8 cm³/mol. The quantitative estimate of drug-likeness (QED) is 0.879. The number of urea groups is 1. The van der Waals surface area contributed by atoms with Gasteiger partial charge in [0.15, 0.2) is 0 Å². The molecule has 1 aromatic heterocycles. The maximum atomic E-state index is 12.3. The summed E-state index contributed by atoms with van der Waals surface area (Å²) in [6.45, 7) is 4.50. The molecule has 2 heterocycles. The van der Waals surface area contributed by atoms with Crippen molar-refractivity contribution in [2.75, 3.05) is 19.8 Å². The van der Waals surface area contributed by atoms with Crippen LogP contribution < -0.4 is 5.32 Å². The zero-order valence-electron chi connectivity index (χ0n) is 14.5. The Morgan fingerprint density at radius 1 is 1.28 bits per heavy atom. The maximum Gasteiger partial charge on any atom is 0.318 e. The molecule has 0 unspecified atom stereocenters. The van der Waals surface area contributed by atoms with Gasteiger partial charge in [-0.15, -0.1) is 0 Å². The summed E-state index contributed by atoms with van der Waals surface area (Å²) < 4.78 is 7.10. The standard InChI is InChI=1S/C19H24N4O2/c1-2-22(17-12-25-13-17)19(24)20-11-14-3-7-16(8-4-14)23-10-9-18(21-23)15-5-6-15/h3-4,7-10,15,17H,2,5-6,11-13H2,1H3,(H,20,24). The molecule has 2 amide bonds. The van der Waals surface area contributed by atoms with E-state index in [9.17, 15) is 4.79 Å². The third-order valence-corrected chi connectivity index (χ3v) is 4.91. The van der Waals surface area contributed by atoms with Crippen LogP contribution in [0.25, 0.3) is 5.69 Å². The molecule has 0 spiro atoms. The Morgan fingerprint density at radius 2 is 2.04 bits per heavy atom. The number of hydrogen-bond donors (Lipinski definition) is 1. The van der Waals surface area contributed by atoms with Crippen molar-refractivity contribution in [3.63, 3.8) is 0 Å². The number of rotatable bonds is 6. The normalized spacial score (nSPS) is 17.2. The van der Waals surface area contributed by atoms with Crippen molar-refractivity contribution in [1.82, 2.24) is 20.0 Å². The molecule has 1 aromatic carbocycles. The summed E-state index contributed by atoms with van der Waals surface area (Å²) in [5.74, 6) is 0.665. The van der Waals surface area contributed by atoms with E-state index in [2.05, 4.69) is 16.5 Å². The minimum absolute atomic E-state index is 0.0268. The average Bonchev–Trinajstić information content (AvgIpc) is 3.33. The van der Waals surface area contributed by atoms with Gasteiger partial charge in [-0.2, -0.15) is 5.10 Å². The summed E-state index contributed by atoms with van der Waals surface area (Å²) >= 11 is 0. The van der Waals surface area contributed by atoms with Crippen LogP contribution in [0.2, 0.25) is 0 Å². The molecule has 6 heteroatoms. The first-order valence-corrected chi connectivity index (χ1v) is 9.01. The molecular weight excluding hydrogens is 316 g/mol. The second-order valence-electron chi connectivity index (χ2n) is 6.76. The number of ether oxygens (including phenoxy) is 1. The molecule has 1 saturated carbocycles. The van der Waals surface area contributed by atoms with Gasteiger partial charge >= 0.3 is 6.03 Å². The third kappa shape index (κ3) is 3.54. The Hall–Kier alpha value is -2.34. The fraction of sp³-hybridized carbons (Fsp3) is 0.474. The SMILES string of the molecule is CCN(C(=O)NCc1ccc(-n2ccc(C3CC3)n2)cc1)C1COC1. The summed E-state index contributed by atoms with van der Waals surface area (Å²) in [7, 11) is 0. The molecule has 2 fully saturated rings. The summed E-state index contributed by atoms with van der Waals surface area (Å²) in [4.78, 5) is 14.1. The number of amides is 2. The van der Waals surface area contributed by atoms with Crippen molar-refractivity contribution in [3.05, 3.63) is 47.8 Å². The predicted octanol–water partition coefficient (Wildman–Crippen LogP) is 2.68. The molecule has 2 aromatic rings. The van der Waals surface area contributed by atoms with Crippen LogP contribution in [0.5, 0.6) is 0 Å². The van der Waals surface area contributed by atoms with E-state index in [-0.39, 0.29) is 12.1 Å². The third-order valence-electron chi connectivity index (χ3n) is 4.91. The van der Waals surface area contributed by atoms with Gasteiger partial charge in [-0.1, -0.05) is 12.1 Å². The van der Waals surface area contributed by atoms with E-state index in [1.807, 2.05) is 47.0 Å². The van der Waals surface area contributed by atoms with Gasteiger partial charge in [-0.05, 0) is 43.5 Å². The Kier molecular flexibility index (Phi) is 4.44. The molecule has 1 N–H and O–H groups in total. The molecule has 0 atom stereocenters. The molecule has 1 aliphatic carbocycles. The van der Waals surface area contributed by atoms with Crippen LogP contribution in [0.15, 0.2) is 36.5 Å². The molecule has 2 aliphatic rings. The first-order chi connectivity index (χ1) is 12.2. The summed E-state index contributed by atoms with van der Waals surface area (Å²) in [5.41, 5.74) is 3.31. The largest absolute Gasteiger partial charge is 0.377 e. The molecule has 4 rings (SSSR count). The van der Waals surface area contributed by atoms with Gasteiger partial charge in [0.25, 0.3) is 0 Å². The van der Waals surface area contributed by atoms with E-state index in [1.165, 1.54) is 18.5 Å². The number of hydrogen-bond acceptors (Lipinski definition) is 3. The highest BCUT2D eigenvalue weighted by Crippen LogP contribution is 2.39. The van der Waals surface area contributed by atoms with Crippen LogP contribution in [0.4, 0.5) is 4.79 Å². The molecule has 1 aliphatic heterocycles. The van der Waals surface area contributed by atoms with Crippen LogP contribution in [-0.2, 0) is 11.3 Å². The Bertz CT molecular complexity index is 732. The summed E-state index contributed by atoms with van der Waals surface area (Å²) in [6.07, 6.45) is 4.54. The molecule has 132 valence electrons. The Labute approximate surface area is 147 Å². The first kappa shape index (κ1) is 16.1. The van der Waals surface area contributed by atoms with Crippen molar-refractivity contribution in [3.8, 4) is 5.69 Å². The lowest BCUT2D eigenvalue weighted by Crippen LogP contribution is -2.54. The number of carbonyl (C=O) groups excluding carboxylic acids is 1. The first-order valence-electron chi connectivity index (χ1n) is 9.01. The van der Waals surface area contributed by atoms with Crippen LogP contribution >= 0.6 is 0 Å². The van der Waals surface area contributed by atoms with E-state index in [1.54, 1.807) is 0 Å². The van der Waals surface area contributed by atoms with Crippen LogP contribution in [0.1, 0.15) is 36.9 Å². The van der Waals surface area contributed by atoms with Crippen molar-refractivity contribution in [2.24, 2.45) is 0 Å². The highest BCUT2D eigenvalue weighted by molar-refractivity contribution is 5.74. The lowest BCUT2D eigenvalue weighted by Gasteiger charge is -2.36. The van der Waals surface area contributed by atoms with Gasteiger partial charge in [-0.3, -0.25) is 0 Å². The van der Waals surface area contributed by atoms with Crippen molar-refractivity contribution in [2.45, 2.75) is 38.3 Å². The highest BCUT2D eigenvalue weighted by atomic mass is 16.5. The second-order valence-corrected chi connectivity index (χ2v) is 6.76. The minimum Gasteiger partial charge on any atom is -0.377 e. The second kappa shape index (κ2) is 6.88. The zero-order valence-corrected chi connectivity index (χ0v) is 14.5. The number of carbonyl (C=O) groups is 1. The molecule has 25 heavy (non-hydrogen) atoms. The van der Waals surface area contributed by atoms with Crippen molar-refractivity contribution >= 4 is 6.03 Å². The number of nitrogens with one attached hydrogen (secondary N) is 1. The van der Waals surface area contributed by atoms with Crippen molar-refractivity contribution < 1.29 is 9.53 Å². The van der Waals surface area contributed by atoms with Gasteiger partial charge in [0.2, 0.25) is 0 Å². The van der Waals surface area contributed by atoms with E-state index < -0.39 is 0 Å². The summed E-state index contributed by atoms with van der Waals surface area (Å²) in [5, 5.41) is 7.64. The van der Waals surface area contributed by atoms with Gasteiger partial charge < -0.3 is 15.0 Å². The summed E-state index contributed by atoms with van der Waals surface area (Å²) in [6, 6.07) is 10.5. The van der Waals surface area contributed by atoms with Crippen LogP contribution in [0, 0.1) is 0 Å². The topological polar surface area (TPSA) is 59.4 Å². The zero-order chi connectivity index (χ0) is 17.2. The monoisotopic (exact) mass is 340 g/mol. The lowest BCUT2D eigenvalue weighted by molar-refractivity contribution is -0.0477. The fourth-order valence-electron chi connectivity index (χ4n) is 3.10. The number of benzene rings is 1. The average molecular weight is 340 g/mol. The minimum atomic E-state index is -0.0268. The van der Waals surface area contributed by atoms with Gasteiger partial charge in [0, 0.05) is 25.2 Å². The fourth-order valence-corrected chi connectivity index (χ4v) is 3.10. The maximum absolute atomic E-state index is 12.3. The van der Waals surface area contributed by atoms with Gasteiger partial charge in [0.1, 0.15) is 0 Å². The Balaban J connectivity index is 1.34. The van der Waals surface area contributed by atoms with E-state index >= 15 is 0 Å². The molecule has 6 nitrogen and oxygen atoms in total. The van der Waals surface area contributed by atoms with E-state index in [0.29, 0.717) is 32.2 Å². The highest BCUT2D eigenvalue weighted by Gasteiger charge is 2.28. The number of aromatic nitrogens is 2. The van der Waals surface area contributed by atoms with Gasteiger partial charge in [-0.25, -0.2) is 9.48 Å². The Morgan fingerprint density at radius 3 is 2.64 bits per heavy atom. The number of nitrogens with zero attached hydrogens (tertiary/aromatic N) is 3. The van der Waals surface area contributed by atoms with Crippen LogP contribution in [-0.4, -0.2) is 46.5 Å². The van der Waals surface area contributed by atoms with E-state index in [4.69, 9.17) is 4.74 Å². The van der Waals surface area contributed by atoms with Gasteiger partial charge in [0.05, 0.1) is 30.6 Å². The molecule has 1 saturated heterocycles. The smallest absolute Gasteiger partial charge is 0.318 e. The molecular formula is C19H24N4O2. The lowest BCUT2D eigenvalue weighted by atomic mass is 10.2.